The molecule has 3 N–H and O–H groups in total. The molecular formula is C9H19N3O. The van der Waals surface area contributed by atoms with E-state index in [1.807, 2.05) is 6.92 Å². The molecule has 0 aliphatic carbocycles. The van der Waals surface area contributed by atoms with Crippen molar-refractivity contribution in [3.05, 3.63) is 0 Å². The highest BCUT2D eigenvalue weighted by Crippen LogP contribution is 2.16. The smallest absolute Gasteiger partial charge is 0.143 e. The molecule has 0 aromatic heterocycles. The van der Waals surface area contributed by atoms with Crippen molar-refractivity contribution in [1.29, 1.82) is 0 Å². The topological polar surface area (TPSA) is 61.8 Å². The third-order valence-electron chi connectivity index (χ3n) is 2.66. The van der Waals surface area contributed by atoms with Crippen LogP contribution in [0, 0.1) is 11.8 Å². The molecule has 2 unspecified atom stereocenters. The molecule has 0 saturated carbocycles. The number of amidine groups is 1. The molecule has 1 aliphatic heterocycles. The molecule has 0 spiro atoms. The Hall–Kier alpha value is -0.770. The van der Waals surface area contributed by atoms with Crippen LogP contribution in [0.3, 0.4) is 0 Å². The zero-order valence-electron chi connectivity index (χ0n) is 8.40. The molecule has 1 heterocycles. The lowest BCUT2D eigenvalue weighted by atomic mass is 10.1. The van der Waals surface area contributed by atoms with Gasteiger partial charge >= 0.3 is 0 Å². The van der Waals surface area contributed by atoms with Crippen molar-refractivity contribution < 1.29 is 5.21 Å². The van der Waals surface area contributed by atoms with Gasteiger partial charge in [-0.2, -0.15) is 0 Å². The van der Waals surface area contributed by atoms with E-state index < -0.39 is 0 Å². The first-order chi connectivity index (χ1) is 6.13. The third-order valence-corrected chi connectivity index (χ3v) is 2.66. The van der Waals surface area contributed by atoms with Crippen LogP contribution in [0.15, 0.2) is 5.16 Å². The molecular weight excluding hydrogens is 166 g/mol. The molecule has 0 aromatic rings. The van der Waals surface area contributed by atoms with E-state index in [1.165, 1.54) is 6.42 Å². The third kappa shape index (κ3) is 2.88. The van der Waals surface area contributed by atoms with Crippen LogP contribution < -0.4 is 5.73 Å². The number of rotatable bonds is 3. The number of nitrogens with two attached hydrogens (primary N) is 1. The molecule has 0 aromatic carbocycles. The lowest BCUT2D eigenvalue weighted by Gasteiger charge is -2.19. The predicted molar refractivity (Wildman–Crippen MR) is 52.8 cm³/mol. The summed E-state index contributed by atoms with van der Waals surface area (Å²) in [5.41, 5.74) is 5.50. The summed E-state index contributed by atoms with van der Waals surface area (Å²) in [6.45, 7) is 7.43. The predicted octanol–water partition coefficient (Wildman–Crippen LogP) is 0.711. The van der Waals surface area contributed by atoms with Crippen LogP contribution in [-0.2, 0) is 0 Å². The van der Waals surface area contributed by atoms with Crippen LogP contribution in [0.4, 0.5) is 0 Å². The fourth-order valence-corrected chi connectivity index (χ4v) is 1.77. The van der Waals surface area contributed by atoms with E-state index in [9.17, 15) is 0 Å². The number of oxime groups is 1. The fraction of sp³-hybridized carbons (Fsp3) is 0.889. The highest BCUT2D eigenvalue weighted by molar-refractivity contribution is 5.82. The molecule has 2 atom stereocenters. The Balaban J connectivity index is 2.32. The first kappa shape index (κ1) is 10.3. The highest BCUT2D eigenvalue weighted by atomic mass is 16.4. The van der Waals surface area contributed by atoms with Crippen molar-refractivity contribution in [2.45, 2.75) is 20.3 Å². The monoisotopic (exact) mass is 185 g/mol. The standard InChI is InChI=1S/C9H19N3O/c1-7-3-4-12(5-7)6-8(2)9(10)11-13/h7-8,13H,3-6H2,1-2H3,(H2,10,11). The van der Waals surface area contributed by atoms with Gasteiger partial charge in [0, 0.05) is 19.0 Å². The fourth-order valence-electron chi connectivity index (χ4n) is 1.77. The van der Waals surface area contributed by atoms with E-state index in [4.69, 9.17) is 10.9 Å². The molecule has 1 fully saturated rings. The SMILES string of the molecule is CC1CCN(CC(C)C(N)=NO)C1. The average molecular weight is 185 g/mol. The molecule has 4 heteroatoms. The van der Waals surface area contributed by atoms with Gasteiger partial charge in [-0.05, 0) is 18.9 Å². The molecule has 0 bridgehead atoms. The maximum Gasteiger partial charge on any atom is 0.143 e. The minimum atomic E-state index is 0.148. The van der Waals surface area contributed by atoms with Gasteiger partial charge in [0.1, 0.15) is 5.84 Å². The first-order valence-corrected chi connectivity index (χ1v) is 4.83. The van der Waals surface area contributed by atoms with Gasteiger partial charge < -0.3 is 15.8 Å². The van der Waals surface area contributed by atoms with Crippen molar-refractivity contribution in [1.82, 2.24) is 4.90 Å². The molecule has 4 nitrogen and oxygen atoms in total. The second-order valence-electron chi connectivity index (χ2n) is 4.08. The van der Waals surface area contributed by atoms with Crippen LogP contribution in [0.1, 0.15) is 20.3 Å². The van der Waals surface area contributed by atoms with E-state index in [0.29, 0.717) is 5.84 Å². The Morgan fingerprint density at radius 3 is 2.92 bits per heavy atom. The van der Waals surface area contributed by atoms with E-state index in [0.717, 1.165) is 25.6 Å². The van der Waals surface area contributed by atoms with E-state index >= 15 is 0 Å². The molecule has 13 heavy (non-hydrogen) atoms. The average Bonchev–Trinajstić information content (AvgIpc) is 2.49. The summed E-state index contributed by atoms with van der Waals surface area (Å²) in [5.74, 6) is 1.27. The van der Waals surface area contributed by atoms with Gasteiger partial charge in [0.25, 0.3) is 0 Å². The van der Waals surface area contributed by atoms with Crippen LogP contribution in [0.2, 0.25) is 0 Å². The zero-order chi connectivity index (χ0) is 9.84. The van der Waals surface area contributed by atoms with Gasteiger partial charge in [-0.3, -0.25) is 0 Å². The normalized spacial score (nSPS) is 27.8. The molecule has 76 valence electrons. The number of hydrogen-bond donors (Lipinski definition) is 2. The van der Waals surface area contributed by atoms with Crippen LogP contribution >= 0.6 is 0 Å². The van der Waals surface area contributed by atoms with Crippen LogP contribution in [0.25, 0.3) is 0 Å². The summed E-state index contributed by atoms with van der Waals surface area (Å²) in [7, 11) is 0. The zero-order valence-corrected chi connectivity index (χ0v) is 8.40. The largest absolute Gasteiger partial charge is 0.409 e. The second kappa shape index (κ2) is 4.46. The lowest BCUT2D eigenvalue weighted by molar-refractivity contribution is 0.291. The van der Waals surface area contributed by atoms with E-state index in [2.05, 4.69) is 17.0 Å². The van der Waals surface area contributed by atoms with Crippen LogP contribution in [-0.4, -0.2) is 35.6 Å². The Morgan fingerprint density at radius 1 is 1.77 bits per heavy atom. The second-order valence-corrected chi connectivity index (χ2v) is 4.08. The molecule has 0 amide bonds. The Bertz CT molecular complexity index is 193. The quantitative estimate of drug-likeness (QED) is 0.294. The van der Waals surface area contributed by atoms with E-state index in [-0.39, 0.29) is 5.92 Å². The molecule has 1 rings (SSSR count). The summed E-state index contributed by atoms with van der Waals surface area (Å²) in [6.07, 6.45) is 1.27. The minimum Gasteiger partial charge on any atom is -0.409 e. The summed E-state index contributed by atoms with van der Waals surface area (Å²) in [5, 5.41) is 11.5. The lowest BCUT2D eigenvalue weighted by Crippen LogP contribution is -2.33. The Kier molecular flexibility index (Phi) is 3.54. The van der Waals surface area contributed by atoms with Gasteiger partial charge in [0.15, 0.2) is 0 Å². The minimum absolute atomic E-state index is 0.148. The summed E-state index contributed by atoms with van der Waals surface area (Å²) < 4.78 is 0. The Labute approximate surface area is 79.4 Å². The summed E-state index contributed by atoms with van der Waals surface area (Å²) >= 11 is 0. The number of likely N-dealkylation sites (tertiary alicyclic amines) is 1. The van der Waals surface area contributed by atoms with Gasteiger partial charge in [0.2, 0.25) is 0 Å². The van der Waals surface area contributed by atoms with Crippen molar-refractivity contribution in [3.63, 3.8) is 0 Å². The Morgan fingerprint density at radius 2 is 2.46 bits per heavy atom. The van der Waals surface area contributed by atoms with Crippen LogP contribution in [0.5, 0.6) is 0 Å². The number of hydrogen-bond acceptors (Lipinski definition) is 3. The van der Waals surface area contributed by atoms with Gasteiger partial charge in [-0.25, -0.2) is 0 Å². The van der Waals surface area contributed by atoms with Gasteiger partial charge in [0.05, 0.1) is 0 Å². The van der Waals surface area contributed by atoms with Crippen molar-refractivity contribution >= 4 is 5.84 Å². The highest BCUT2D eigenvalue weighted by Gasteiger charge is 2.21. The van der Waals surface area contributed by atoms with Gasteiger partial charge in [-0.1, -0.05) is 19.0 Å². The van der Waals surface area contributed by atoms with Crippen molar-refractivity contribution in [2.24, 2.45) is 22.7 Å². The van der Waals surface area contributed by atoms with Crippen molar-refractivity contribution in [3.8, 4) is 0 Å². The molecule has 1 saturated heterocycles. The van der Waals surface area contributed by atoms with Crippen molar-refractivity contribution in [2.75, 3.05) is 19.6 Å². The first-order valence-electron chi connectivity index (χ1n) is 4.83. The number of nitrogens with zero attached hydrogens (tertiary/aromatic N) is 2. The molecule has 0 radical (unpaired) electrons. The maximum atomic E-state index is 8.48. The van der Waals surface area contributed by atoms with Gasteiger partial charge in [-0.15, -0.1) is 0 Å². The van der Waals surface area contributed by atoms with E-state index in [1.54, 1.807) is 0 Å². The summed E-state index contributed by atoms with van der Waals surface area (Å²) in [6, 6.07) is 0. The molecule has 1 aliphatic rings. The maximum absolute atomic E-state index is 8.48. The summed E-state index contributed by atoms with van der Waals surface area (Å²) in [4.78, 5) is 2.37.